The molecule has 7 nitrogen and oxygen atoms in total. The van der Waals surface area contributed by atoms with Crippen LogP contribution in [-0.2, 0) is 16.5 Å². The molecule has 0 heterocycles. The standard InChI is InChI=1S/C16H20N2O2.CH4O3S/c1-4-10-17-15-9-7-12-6-8-13(11-14(12)15)20-16(19)18(3)5-2;1-5(2,3)4/h1,6,8,11,15,17H,5,7,9-10H2,2-3H3;1H3,(H,2,3,4)/t15-;/m1./s1. The number of aryl methyl sites for hydroxylation is 1. The van der Waals surface area contributed by atoms with Crippen molar-refractivity contribution in [3.63, 3.8) is 0 Å². The summed E-state index contributed by atoms with van der Waals surface area (Å²) in [5, 5.41) is 3.31. The van der Waals surface area contributed by atoms with Crippen LogP contribution in [0.25, 0.3) is 0 Å². The van der Waals surface area contributed by atoms with Crippen molar-refractivity contribution in [1.29, 1.82) is 0 Å². The number of hydrogen-bond donors (Lipinski definition) is 2. The van der Waals surface area contributed by atoms with E-state index in [2.05, 4.69) is 11.2 Å². The SMILES string of the molecule is C#CCN[C@@H]1CCc2ccc(OC(=O)N(C)CC)cc21.CS(=O)(=O)O. The van der Waals surface area contributed by atoms with Gasteiger partial charge in [-0.15, -0.1) is 6.42 Å². The predicted octanol–water partition coefficient (Wildman–Crippen LogP) is 1.85. The zero-order valence-corrected chi connectivity index (χ0v) is 15.5. The third-order valence-corrected chi connectivity index (χ3v) is 3.64. The molecule has 1 aromatic rings. The van der Waals surface area contributed by atoms with Gasteiger partial charge in [0.05, 0.1) is 12.8 Å². The third kappa shape index (κ3) is 7.56. The van der Waals surface area contributed by atoms with Gasteiger partial charge in [0.15, 0.2) is 0 Å². The molecular weight excluding hydrogens is 344 g/mol. The summed E-state index contributed by atoms with van der Waals surface area (Å²) in [6.45, 7) is 3.08. The Hall–Kier alpha value is -2.08. The average molecular weight is 368 g/mol. The molecule has 0 radical (unpaired) electrons. The summed E-state index contributed by atoms with van der Waals surface area (Å²) in [5.74, 6) is 3.18. The van der Waals surface area contributed by atoms with E-state index in [1.54, 1.807) is 7.05 Å². The summed E-state index contributed by atoms with van der Waals surface area (Å²) in [5.41, 5.74) is 2.48. The van der Waals surface area contributed by atoms with Crippen LogP contribution < -0.4 is 10.1 Å². The topological polar surface area (TPSA) is 95.9 Å². The number of carbonyl (C=O) groups is 1. The van der Waals surface area contributed by atoms with Crippen LogP contribution in [0.2, 0.25) is 0 Å². The van der Waals surface area contributed by atoms with E-state index >= 15 is 0 Å². The van der Waals surface area contributed by atoms with Gasteiger partial charge < -0.3 is 9.64 Å². The normalized spacial score (nSPS) is 15.4. The summed E-state index contributed by atoms with van der Waals surface area (Å²) in [6, 6.07) is 6.08. The molecule has 138 valence electrons. The van der Waals surface area contributed by atoms with E-state index in [0.29, 0.717) is 25.1 Å². The van der Waals surface area contributed by atoms with Crippen LogP contribution in [0, 0.1) is 12.3 Å². The Bertz CT molecular complexity index is 732. The molecule has 1 atom stereocenters. The van der Waals surface area contributed by atoms with Crippen molar-refractivity contribution < 1.29 is 22.5 Å². The lowest BCUT2D eigenvalue weighted by molar-refractivity contribution is 0.165. The van der Waals surface area contributed by atoms with Crippen molar-refractivity contribution in [1.82, 2.24) is 10.2 Å². The fourth-order valence-electron chi connectivity index (χ4n) is 2.35. The molecule has 1 aromatic carbocycles. The van der Waals surface area contributed by atoms with Crippen LogP contribution in [-0.4, -0.2) is 50.4 Å². The van der Waals surface area contributed by atoms with Gasteiger partial charge in [-0.25, -0.2) is 4.79 Å². The lowest BCUT2D eigenvalue weighted by Gasteiger charge is -2.16. The number of fused-ring (bicyclic) bond motifs is 1. The van der Waals surface area contributed by atoms with Crippen LogP contribution in [0.4, 0.5) is 4.79 Å². The molecule has 0 aromatic heterocycles. The Labute approximate surface area is 149 Å². The number of nitrogens with zero attached hydrogens (tertiary/aromatic N) is 1. The molecule has 2 N–H and O–H groups in total. The second-order valence-corrected chi connectivity index (χ2v) is 7.12. The minimum Gasteiger partial charge on any atom is -0.410 e. The first kappa shape index (κ1) is 21.0. The predicted molar refractivity (Wildman–Crippen MR) is 96.1 cm³/mol. The smallest absolute Gasteiger partial charge is 0.410 e. The van der Waals surface area contributed by atoms with Crippen molar-refractivity contribution in [3.05, 3.63) is 29.3 Å². The second-order valence-electron chi connectivity index (χ2n) is 5.65. The van der Waals surface area contributed by atoms with Crippen LogP contribution in [0.5, 0.6) is 5.75 Å². The molecule has 0 fully saturated rings. The number of hydrogen-bond acceptors (Lipinski definition) is 5. The Balaban J connectivity index is 0.000000550. The van der Waals surface area contributed by atoms with E-state index in [1.807, 2.05) is 25.1 Å². The van der Waals surface area contributed by atoms with Crippen molar-refractivity contribution in [2.75, 3.05) is 26.4 Å². The van der Waals surface area contributed by atoms with Gasteiger partial charge in [-0.1, -0.05) is 12.0 Å². The first-order chi connectivity index (χ1) is 11.7. The largest absolute Gasteiger partial charge is 0.414 e. The number of amides is 1. The molecule has 0 spiro atoms. The first-order valence-corrected chi connectivity index (χ1v) is 9.65. The number of terminal acetylenes is 1. The average Bonchev–Trinajstić information content (AvgIpc) is 2.92. The van der Waals surface area contributed by atoms with Crippen LogP contribution in [0.1, 0.15) is 30.5 Å². The number of rotatable bonds is 4. The Morgan fingerprint density at radius 1 is 1.52 bits per heavy atom. The van der Waals surface area contributed by atoms with Gasteiger partial charge in [0, 0.05) is 19.6 Å². The quantitative estimate of drug-likeness (QED) is 0.622. The van der Waals surface area contributed by atoms with E-state index < -0.39 is 10.1 Å². The number of carbonyl (C=O) groups excluding carboxylic acids is 1. The maximum atomic E-state index is 11.8. The van der Waals surface area contributed by atoms with E-state index in [4.69, 9.17) is 15.7 Å². The summed E-state index contributed by atoms with van der Waals surface area (Å²) >= 11 is 0. The molecule has 0 bridgehead atoms. The Morgan fingerprint density at radius 2 is 2.16 bits per heavy atom. The highest BCUT2D eigenvalue weighted by Crippen LogP contribution is 2.33. The number of ether oxygens (including phenoxy) is 1. The maximum absolute atomic E-state index is 11.8. The lowest BCUT2D eigenvalue weighted by Crippen LogP contribution is -2.29. The Kier molecular flexibility index (Phi) is 7.90. The molecular formula is C17H24N2O5S. The fraction of sp³-hybridized carbons (Fsp3) is 0.471. The fourth-order valence-corrected chi connectivity index (χ4v) is 2.35. The van der Waals surface area contributed by atoms with Gasteiger partial charge in [-0.05, 0) is 43.0 Å². The van der Waals surface area contributed by atoms with Gasteiger partial charge >= 0.3 is 6.09 Å². The zero-order chi connectivity index (χ0) is 19.0. The Morgan fingerprint density at radius 3 is 2.72 bits per heavy atom. The number of nitrogens with one attached hydrogen (secondary N) is 1. The zero-order valence-electron chi connectivity index (χ0n) is 14.7. The molecule has 1 aliphatic rings. The van der Waals surface area contributed by atoms with Crippen LogP contribution in [0.15, 0.2) is 18.2 Å². The van der Waals surface area contributed by atoms with Crippen LogP contribution >= 0.6 is 0 Å². The van der Waals surface area contributed by atoms with Crippen molar-refractivity contribution in [2.45, 2.75) is 25.8 Å². The summed E-state index contributed by atoms with van der Waals surface area (Å²) in [7, 11) is -1.95. The first-order valence-electron chi connectivity index (χ1n) is 7.80. The van der Waals surface area contributed by atoms with Crippen molar-refractivity contribution >= 4 is 16.2 Å². The van der Waals surface area contributed by atoms with Gasteiger partial charge in [0.1, 0.15) is 5.75 Å². The monoisotopic (exact) mass is 368 g/mol. The highest BCUT2D eigenvalue weighted by molar-refractivity contribution is 7.85. The maximum Gasteiger partial charge on any atom is 0.414 e. The van der Waals surface area contributed by atoms with Gasteiger partial charge in [0.2, 0.25) is 0 Å². The molecule has 0 saturated carbocycles. The minimum absolute atomic E-state index is 0.253. The van der Waals surface area contributed by atoms with Crippen molar-refractivity contribution in [2.24, 2.45) is 0 Å². The molecule has 2 rings (SSSR count). The molecule has 0 saturated heterocycles. The minimum atomic E-state index is -3.67. The van der Waals surface area contributed by atoms with Crippen molar-refractivity contribution in [3.8, 4) is 18.1 Å². The van der Waals surface area contributed by atoms with E-state index in [0.717, 1.165) is 12.8 Å². The lowest BCUT2D eigenvalue weighted by atomic mass is 10.1. The number of benzene rings is 1. The van der Waals surface area contributed by atoms with E-state index in [1.165, 1.54) is 16.0 Å². The highest BCUT2D eigenvalue weighted by Gasteiger charge is 2.22. The van der Waals surface area contributed by atoms with Gasteiger partial charge in [0.25, 0.3) is 10.1 Å². The molecule has 25 heavy (non-hydrogen) atoms. The van der Waals surface area contributed by atoms with Gasteiger partial charge in [-0.2, -0.15) is 8.42 Å². The summed E-state index contributed by atoms with van der Waals surface area (Å²) < 4.78 is 31.2. The van der Waals surface area contributed by atoms with Gasteiger partial charge in [-0.3, -0.25) is 9.87 Å². The van der Waals surface area contributed by atoms with E-state index in [-0.39, 0.29) is 12.1 Å². The second kappa shape index (κ2) is 9.42. The molecule has 0 aliphatic heterocycles. The van der Waals surface area contributed by atoms with Crippen LogP contribution in [0.3, 0.4) is 0 Å². The third-order valence-electron chi connectivity index (χ3n) is 3.64. The summed E-state index contributed by atoms with van der Waals surface area (Å²) in [4.78, 5) is 13.3. The molecule has 8 heteroatoms. The van der Waals surface area contributed by atoms with E-state index in [9.17, 15) is 13.2 Å². The summed E-state index contributed by atoms with van der Waals surface area (Å²) in [6.07, 6.45) is 7.72. The molecule has 1 aliphatic carbocycles. The molecule has 0 unspecified atom stereocenters. The molecule has 1 amide bonds. The highest BCUT2D eigenvalue weighted by atomic mass is 32.2.